The minimum Gasteiger partial charge on any atom is -0.437 e. The van der Waals surface area contributed by atoms with Crippen LogP contribution >= 0.6 is 0 Å². The minimum atomic E-state index is -0.767. The lowest BCUT2D eigenvalue weighted by Crippen LogP contribution is -2.16. The van der Waals surface area contributed by atoms with E-state index in [1.807, 2.05) is 43.3 Å². The molecule has 3 heteroatoms. The van der Waals surface area contributed by atoms with Crippen LogP contribution in [0.3, 0.4) is 0 Å². The van der Waals surface area contributed by atoms with Gasteiger partial charge in [0, 0.05) is 0 Å². The van der Waals surface area contributed by atoms with Crippen molar-refractivity contribution in [1.29, 1.82) is 0 Å². The first-order valence-corrected chi connectivity index (χ1v) is 4.38. The Morgan fingerprint density at radius 3 is 2.57 bits per heavy atom. The maximum Gasteiger partial charge on any atom is 0.405 e. The largest absolute Gasteiger partial charge is 0.437 e. The average Bonchev–Trinajstić information content (AvgIpc) is 2.18. The van der Waals surface area contributed by atoms with Gasteiger partial charge in [0.15, 0.2) is 0 Å². The molecule has 0 aromatic heterocycles. The highest BCUT2D eigenvalue weighted by atomic mass is 16.6. The smallest absolute Gasteiger partial charge is 0.405 e. The van der Waals surface area contributed by atoms with Crippen LogP contribution < -0.4 is 5.73 Å². The number of amides is 1. The highest BCUT2D eigenvalue weighted by Gasteiger charge is 2.09. The van der Waals surface area contributed by atoms with E-state index < -0.39 is 12.2 Å². The second-order valence-electron chi connectivity index (χ2n) is 2.79. The summed E-state index contributed by atoms with van der Waals surface area (Å²) in [5, 5.41) is 0. The van der Waals surface area contributed by atoms with Crippen LogP contribution in [0.15, 0.2) is 42.5 Å². The molecule has 1 amide bonds. The highest BCUT2D eigenvalue weighted by molar-refractivity contribution is 5.65. The number of allylic oxidation sites excluding steroid dienone is 1. The summed E-state index contributed by atoms with van der Waals surface area (Å²) in [6.45, 7) is 1.86. The molecule has 1 atom stereocenters. The standard InChI is InChI=1S/C11H13NO2/c1-2-6-10(14-11(12)13)9-7-4-3-5-8-9/h2-8,10H,1H3,(H2,12,13). The van der Waals surface area contributed by atoms with Crippen LogP contribution in [0.1, 0.15) is 18.6 Å². The topological polar surface area (TPSA) is 52.3 Å². The van der Waals surface area contributed by atoms with E-state index in [-0.39, 0.29) is 0 Å². The van der Waals surface area contributed by atoms with Crippen molar-refractivity contribution >= 4 is 6.09 Å². The van der Waals surface area contributed by atoms with E-state index in [9.17, 15) is 4.79 Å². The third-order valence-corrected chi connectivity index (χ3v) is 1.74. The summed E-state index contributed by atoms with van der Waals surface area (Å²) in [6.07, 6.45) is 2.44. The summed E-state index contributed by atoms with van der Waals surface area (Å²) in [5.41, 5.74) is 5.87. The van der Waals surface area contributed by atoms with E-state index in [1.165, 1.54) is 0 Å². The summed E-state index contributed by atoms with van der Waals surface area (Å²) >= 11 is 0. The molecule has 0 aliphatic carbocycles. The van der Waals surface area contributed by atoms with E-state index in [4.69, 9.17) is 10.5 Å². The Hall–Kier alpha value is -1.77. The van der Waals surface area contributed by atoms with Crippen molar-refractivity contribution in [1.82, 2.24) is 0 Å². The Balaban J connectivity index is 2.83. The van der Waals surface area contributed by atoms with Gasteiger partial charge in [-0.3, -0.25) is 0 Å². The molecule has 74 valence electrons. The van der Waals surface area contributed by atoms with Crippen molar-refractivity contribution in [2.75, 3.05) is 0 Å². The highest BCUT2D eigenvalue weighted by Crippen LogP contribution is 2.18. The molecule has 0 spiro atoms. The quantitative estimate of drug-likeness (QED) is 0.746. The van der Waals surface area contributed by atoms with Crippen LogP contribution in [0, 0.1) is 0 Å². The Kier molecular flexibility index (Phi) is 3.73. The third kappa shape index (κ3) is 2.94. The number of carbonyl (C=O) groups is 1. The van der Waals surface area contributed by atoms with Crippen LogP contribution in [-0.4, -0.2) is 6.09 Å². The fourth-order valence-corrected chi connectivity index (χ4v) is 1.16. The average molecular weight is 191 g/mol. The molecule has 0 aliphatic rings. The van der Waals surface area contributed by atoms with E-state index in [0.717, 1.165) is 5.56 Å². The number of benzene rings is 1. The summed E-state index contributed by atoms with van der Waals surface area (Å²) in [7, 11) is 0. The summed E-state index contributed by atoms with van der Waals surface area (Å²) in [5.74, 6) is 0. The number of rotatable bonds is 3. The van der Waals surface area contributed by atoms with Crippen molar-refractivity contribution < 1.29 is 9.53 Å². The number of carbonyl (C=O) groups excluding carboxylic acids is 1. The molecule has 0 fully saturated rings. The molecular weight excluding hydrogens is 178 g/mol. The zero-order valence-electron chi connectivity index (χ0n) is 8.01. The molecule has 0 heterocycles. The zero-order valence-corrected chi connectivity index (χ0v) is 8.01. The molecule has 0 aliphatic heterocycles. The van der Waals surface area contributed by atoms with Gasteiger partial charge in [-0.15, -0.1) is 0 Å². The molecule has 3 nitrogen and oxygen atoms in total. The molecule has 2 N–H and O–H groups in total. The summed E-state index contributed by atoms with van der Waals surface area (Å²) in [6, 6.07) is 9.44. The first-order chi connectivity index (χ1) is 6.74. The van der Waals surface area contributed by atoms with Gasteiger partial charge < -0.3 is 10.5 Å². The lowest BCUT2D eigenvalue weighted by atomic mass is 10.1. The van der Waals surface area contributed by atoms with Crippen molar-refractivity contribution in [2.45, 2.75) is 13.0 Å². The van der Waals surface area contributed by atoms with E-state index >= 15 is 0 Å². The van der Waals surface area contributed by atoms with Gasteiger partial charge in [-0.25, -0.2) is 4.79 Å². The molecule has 1 rings (SSSR count). The Bertz CT molecular complexity index is 319. The molecule has 14 heavy (non-hydrogen) atoms. The van der Waals surface area contributed by atoms with Gasteiger partial charge in [-0.2, -0.15) is 0 Å². The molecule has 0 saturated carbocycles. The van der Waals surface area contributed by atoms with Gasteiger partial charge in [0.2, 0.25) is 0 Å². The fourth-order valence-electron chi connectivity index (χ4n) is 1.16. The van der Waals surface area contributed by atoms with Gasteiger partial charge in [0.1, 0.15) is 6.10 Å². The zero-order chi connectivity index (χ0) is 10.4. The van der Waals surface area contributed by atoms with Gasteiger partial charge in [-0.1, -0.05) is 36.4 Å². The predicted octanol–water partition coefficient (Wildman–Crippen LogP) is 2.40. The molecule has 1 aromatic rings. The van der Waals surface area contributed by atoms with Gasteiger partial charge in [0.25, 0.3) is 0 Å². The van der Waals surface area contributed by atoms with E-state index in [2.05, 4.69) is 0 Å². The second-order valence-corrected chi connectivity index (χ2v) is 2.79. The van der Waals surface area contributed by atoms with Gasteiger partial charge in [-0.05, 0) is 18.6 Å². The second kappa shape index (κ2) is 5.07. The van der Waals surface area contributed by atoms with Crippen molar-refractivity contribution in [3.05, 3.63) is 48.0 Å². The Labute approximate surface area is 83.2 Å². The van der Waals surface area contributed by atoms with E-state index in [0.29, 0.717) is 0 Å². The van der Waals surface area contributed by atoms with Crippen LogP contribution in [0.5, 0.6) is 0 Å². The van der Waals surface area contributed by atoms with Crippen LogP contribution in [-0.2, 0) is 4.74 Å². The molecule has 1 unspecified atom stereocenters. The number of ether oxygens (including phenoxy) is 1. The SMILES string of the molecule is CC=CC(OC(N)=O)c1ccccc1. The lowest BCUT2D eigenvalue weighted by molar-refractivity contribution is 0.130. The summed E-state index contributed by atoms with van der Waals surface area (Å²) in [4.78, 5) is 10.6. The van der Waals surface area contributed by atoms with E-state index in [1.54, 1.807) is 6.08 Å². The van der Waals surface area contributed by atoms with Crippen molar-refractivity contribution in [3.8, 4) is 0 Å². The molecule has 1 aromatic carbocycles. The Morgan fingerprint density at radius 1 is 1.43 bits per heavy atom. The normalized spacial score (nSPS) is 12.6. The summed E-state index contributed by atoms with van der Waals surface area (Å²) < 4.78 is 4.93. The molecule has 0 bridgehead atoms. The number of hydrogen-bond acceptors (Lipinski definition) is 2. The lowest BCUT2D eigenvalue weighted by Gasteiger charge is -2.12. The van der Waals surface area contributed by atoms with Gasteiger partial charge in [0.05, 0.1) is 0 Å². The Morgan fingerprint density at radius 2 is 2.07 bits per heavy atom. The first-order valence-electron chi connectivity index (χ1n) is 4.38. The molecule has 0 radical (unpaired) electrons. The number of hydrogen-bond donors (Lipinski definition) is 1. The number of nitrogens with two attached hydrogens (primary N) is 1. The maximum atomic E-state index is 10.6. The van der Waals surface area contributed by atoms with Crippen LogP contribution in [0.25, 0.3) is 0 Å². The maximum absolute atomic E-state index is 10.6. The monoisotopic (exact) mass is 191 g/mol. The predicted molar refractivity (Wildman–Crippen MR) is 54.7 cm³/mol. The van der Waals surface area contributed by atoms with Gasteiger partial charge >= 0.3 is 6.09 Å². The molecule has 0 saturated heterocycles. The number of primary amides is 1. The fraction of sp³-hybridized carbons (Fsp3) is 0.182. The van der Waals surface area contributed by atoms with Crippen molar-refractivity contribution in [3.63, 3.8) is 0 Å². The minimum absolute atomic E-state index is 0.390. The van der Waals surface area contributed by atoms with Crippen molar-refractivity contribution in [2.24, 2.45) is 5.73 Å². The first kappa shape index (κ1) is 10.3. The van der Waals surface area contributed by atoms with Crippen LogP contribution in [0.4, 0.5) is 4.79 Å². The third-order valence-electron chi connectivity index (χ3n) is 1.74. The molecular formula is C11H13NO2. The van der Waals surface area contributed by atoms with Crippen LogP contribution in [0.2, 0.25) is 0 Å².